The summed E-state index contributed by atoms with van der Waals surface area (Å²) < 4.78 is 89.0. The van der Waals surface area contributed by atoms with Gasteiger partial charge in [-0.05, 0) is 36.4 Å². The number of benzene rings is 1. The van der Waals surface area contributed by atoms with Gasteiger partial charge in [0.2, 0.25) is 5.91 Å². The monoisotopic (exact) mass is 406 g/mol. The van der Waals surface area contributed by atoms with E-state index in [0.29, 0.717) is 16.7 Å². The van der Waals surface area contributed by atoms with Crippen LogP contribution in [0.15, 0.2) is 22.0 Å². The molecule has 1 heterocycles. The van der Waals surface area contributed by atoms with Gasteiger partial charge in [0, 0.05) is 4.90 Å². The van der Waals surface area contributed by atoms with Crippen molar-refractivity contribution >= 4 is 40.3 Å². The quantitative estimate of drug-likeness (QED) is 0.530. The molecular weight excluding hydrogens is 397 g/mol. The van der Waals surface area contributed by atoms with Gasteiger partial charge < -0.3 is 0 Å². The lowest BCUT2D eigenvalue weighted by molar-refractivity contribution is -0.150. The Labute approximate surface area is 145 Å². The molecule has 0 N–H and O–H groups in total. The second-order valence-electron chi connectivity index (χ2n) is 4.90. The summed E-state index contributed by atoms with van der Waals surface area (Å²) in [6.07, 6.45) is -4.69. The molecule has 1 aliphatic rings. The van der Waals surface area contributed by atoms with Crippen molar-refractivity contribution in [3.8, 4) is 0 Å². The molecule has 0 aliphatic carbocycles. The van der Waals surface area contributed by atoms with Crippen molar-refractivity contribution in [3.05, 3.63) is 23.5 Å². The van der Waals surface area contributed by atoms with Crippen LogP contribution in [0.25, 0.3) is 0 Å². The summed E-state index contributed by atoms with van der Waals surface area (Å²) in [5, 5.41) is -0.409. The zero-order valence-corrected chi connectivity index (χ0v) is 14.0. The number of amides is 1. The Hall–Kier alpha value is -1.43. The number of nitrogens with zero attached hydrogens (tertiary/aromatic N) is 2. The van der Waals surface area contributed by atoms with Crippen LogP contribution in [0.4, 0.5) is 36.4 Å². The fourth-order valence-corrected chi connectivity index (χ4v) is 3.42. The first-order valence-electron chi connectivity index (χ1n) is 6.50. The van der Waals surface area contributed by atoms with E-state index >= 15 is 0 Å². The van der Waals surface area contributed by atoms with Crippen LogP contribution in [-0.4, -0.2) is 40.0 Å². The minimum absolute atomic E-state index is 0.00562. The van der Waals surface area contributed by atoms with Crippen molar-refractivity contribution in [3.63, 3.8) is 0 Å². The van der Waals surface area contributed by atoms with Crippen molar-refractivity contribution in [1.29, 1.82) is 0 Å². The summed E-state index contributed by atoms with van der Waals surface area (Å²) in [6.45, 7) is -0.340. The molecule has 0 bridgehead atoms. The first-order chi connectivity index (χ1) is 11.4. The molecule has 1 saturated heterocycles. The van der Waals surface area contributed by atoms with Gasteiger partial charge in [-0.3, -0.25) is 9.69 Å². The van der Waals surface area contributed by atoms with Gasteiger partial charge in [-0.25, -0.2) is 9.38 Å². The summed E-state index contributed by atoms with van der Waals surface area (Å²) in [4.78, 5) is 15.2. The van der Waals surface area contributed by atoms with Crippen LogP contribution < -0.4 is 0 Å². The number of rotatable bonds is 3. The van der Waals surface area contributed by atoms with E-state index in [4.69, 9.17) is 0 Å². The maximum atomic E-state index is 13.9. The molecule has 0 aromatic heterocycles. The van der Waals surface area contributed by atoms with Crippen LogP contribution in [0, 0.1) is 12.7 Å². The number of hydrogen-bond acceptors (Lipinski definition) is 4. The van der Waals surface area contributed by atoms with E-state index in [-0.39, 0.29) is 16.2 Å². The van der Waals surface area contributed by atoms with Crippen molar-refractivity contribution in [2.75, 3.05) is 12.3 Å². The van der Waals surface area contributed by atoms with E-state index in [2.05, 4.69) is 4.99 Å². The average molecular weight is 406 g/mol. The molecule has 1 aromatic rings. The molecule has 1 aromatic carbocycles. The zero-order valence-electron chi connectivity index (χ0n) is 12.3. The van der Waals surface area contributed by atoms with Gasteiger partial charge in [-0.1, -0.05) is 11.8 Å². The average Bonchev–Trinajstić information content (AvgIpc) is 2.73. The van der Waals surface area contributed by atoms with Crippen molar-refractivity contribution in [2.24, 2.45) is 4.99 Å². The maximum absolute atomic E-state index is 13.9. The van der Waals surface area contributed by atoms with Gasteiger partial charge in [0.25, 0.3) is 0 Å². The summed E-state index contributed by atoms with van der Waals surface area (Å²) in [7, 11) is 0. The third kappa shape index (κ3) is 5.53. The summed E-state index contributed by atoms with van der Waals surface area (Å²) in [6, 6.07) is 1.61. The Morgan fingerprint density at radius 1 is 1.24 bits per heavy atom. The van der Waals surface area contributed by atoms with Gasteiger partial charge in [0.15, 0.2) is 5.17 Å². The molecule has 0 unspecified atom stereocenters. The molecule has 1 amide bonds. The van der Waals surface area contributed by atoms with E-state index in [0.717, 1.165) is 12.1 Å². The number of alkyl halides is 6. The highest BCUT2D eigenvalue weighted by Gasteiger charge is 2.39. The highest BCUT2D eigenvalue weighted by atomic mass is 32.2. The largest absolute Gasteiger partial charge is 0.446 e. The highest BCUT2D eigenvalue weighted by molar-refractivity contribution is 8.15. The molecule has 0 atom stereocenters. The normalized spacial score (nSPS) is 17.7. The zero-order chi connectivity index (χ0) is 19.0. The lowest BCUT2D eigenvalue weighted by Gasteiger charge is -2.18. The SMILES string of the molecule is Cc1cc(F)c(/N=C2\SCC(=O)N2CC(F)(F)F)cc1SC(F)(F)F. The topological polar surface area (TPSA) is 32.7 Å². The predicted molar refractivity (Wildman–Crippen MR) is 80.4 cm³/mol. The van der Waals surface area contributed by atoms with Gasteiger partial charge in [0.1, 0.15) is 18.0 Å². The molecule has 0 spiro atoms. The van der Waals surface area contributed by atoms with Crippen molar-refractivity contribution in [2.45, 2.75) is 23.5 Å². The Morgan fingerprint density at radius 3 is 2.44 bits per heavy atom. The summed E-state index contributed by atoms with van der Waals surface area (Å²) in [5.74, 6) is -2.17. The van der Waals surface area contributed by atoms with E-state index in [1.54, 1.807) is 0 Å². The predicted octanol–water partition coefficient (Wildman–Crippen LogP) is 4.87. The van der Waals surface area contributed by atoms with Crippen LogP contribution in [0.1, 0.15) is 5.56 Å². The molecule has 25 heavy (non-hydrogen) atoms. The molecule has 12 heteroatoms. The number of aryl methyl sites for hydroxylation is 1. The molecule has 1 fully saturated rings. The van der Waals surface area contributed by atoms with E-state index in [1.165, 1.54) is 6.92 Å². The number of halogens is 7. The lowest BCUT2D eigenvalue weighted by Crippen LogP contribution is -2.38. The second kappa shape index (κ2) is 7.06. The minimum atomic E-state index is -4.69. The van der Waals surface area contributed by atoms with Crippen molar-refractivity contribution < 1.29 is 35.5 Å². The Kier molecular flexibility index (Phi) is 5.62. The first kappa shape index (κ1) is 19.9. The lowest BCUT2D eigenvalue weighted by atomic mass is 10.2. The number of carbonyl (C=O) groups is 1. The summed E-state index contributed by atoms with van der Waals surface area (Å²) >= 11 is 0.173. The van der Waals surface area contributed by atoms with Crippen LogP contribution in [-0.2, 0) is 4.79 Å². The maximum Gasteiger partial charge on any atom is 0.446 e. The third-order valence-corrected chi connectivity index (χ3v) is 4.73. The molecule has 2 rings (SSSR count). The smallest absolute Gasteiger partial charge is 0.281 e. The van der Waals surface area contributed by atoms with Gasteiger partial charge in [-0.15, -0.1) is 0 Å². The van der Waals surface area contributed by atoms with E-state index in [1.807, 2.05) is 0 Å². The molecule has 3 nitrogen and oxygen atoms in total. The number of amidine groups is 1. The fourth-order valence-electron chi connectivity index (χ4n) is 1.88. The van der Waals surface area contributed by atoms with Crippen LogP contribution >= 0.6 is 23.5 Å². The van der Waals surface area contributed by atoms with E-state index < -0.39 is 52.6 Å². The van der Waals surface area contributed by atoms with E-state index in [9.17, 15) is 35.5 Å². The Morgan fingerprint density at radius 2 is 1.88 bits per heavy atom. The molecule has 0 radical (unpaired) electrons. The Balaban J connectivity index is 2.38. The Bertz CT molecular complexity index is 716. The standard InChI is InChI=1S/C13H9F7N2OS2/c1-6-2-7(14)8(3-9(6)25-13(18,19)20)21-11-22(5-12(15,16)17)10(23)4-24-11/h2-3H,4-5H2,1H3/b21-11-. The third-order valence-electron chi connectivity index (χ3n) is 2.88. The molecule has 1 aliphatic heterocycles. The van der Waals surface area contributed by atoms with Gasteiger partial charge in [-0.2, -0.15) is 26.3 Å². The molecular formula is C13H9F7N2OS2. The number of hydrogen-bond donors (Lipinski definition) is 0. The minimum Gasteiger partial charge on any atom is -0.281 e. The van der Waals surface area contributed by atoms with Crippen LogP contribution in [0.5, 0.6) is 0 Å². The number of aliphatic imine (C=N–C) groups is 1. The summed E-state index contributed by atoms with van der Waals surface area (Å²) in [5.41, 5.74) is -5.18. The second-order valence-corrected chi connectivity index (χ2v) is 6.94. The van der Waals surface area contributed by atoms with Crippen molar-refractivity contribution in [1.82, 2.24) is 4.90 Å². The molecule has 138 valence electrons. The highest BCUT2D eigenvalue weighted by Crippen LogP contribution is 2.41. The van der Waals surface area contributed by atoms with Crippen LogP contribution in [0.3, 0.4) is 0 Å². The number of carbonyl (C=O) groups excluding carboxylic acids is 1. The number of thioether (sulfide) groups is 2. The van der Waals surface area contributed by atoms with Crippen LogP contribution in [0.2, 0.25) is 0 Å². The van der Waals surface area contributed by atoms with Gasteiger partial charge in [0.05, 0.1) is 5.75 Å². The first-order valence-corrected chi connectivity index (χ1v) is 8.30. The molecule has 0 saturated carbocycles. The fraction of sp³-hybridized carbons (Fsp3) is 0.385. The van der Waals surface area contributed by atoms with Gasteiger partial charge >= 0.3 is 11.7 Å².